The van der Waals surface area contributed by atoms with Crippen molar-refractivity contribution in [2.24, 2.45) is 11.3 Å². The molecular weight excluding hydrogens is 769 g/mol. The van der Waals surface area contributed by atoms with Crippen molar-refractivity contribution in [3.8, 4) is 5.75 Å². The largest absolute Gasteiger partial charge is 0.496 e. The predicted molar refractivity (Wildman–Crippen MR) is 221 cm³/mol. The molecule has 2 saturated heterocycles. The van der Waals surface area contributed by atoms with Crippen LogP contribution in [0.5, 0.6) is 5.75 Å². The lowest BCUT2D eigenvalue weighted by atomic mass is 9.47. The first kappa shape index (κ1) is 40.6. The molecule has 3 unspecified atom stereocenters. The van der Waals surface area contributed by atoms with Crippen LogP contribution in [-0.2, 0) is 45.2 Å². The number of carbonyl (C=O) groups excluding carboxylic acids is 4. The number of nitrogens with one attached hydrogen (secondary N) is 1. The van der Waals surface area contributed by atoms with Crippen molar-refractivity contribution >= 4 is 40.9 Å². The van der Waals surface area contributed by atoms with Crippen molar-refractivity contribution in [1.29, 1.82) is 0 Å². The summed E-state index contributed by atoms with van der Waals surface area (Å²) in [5, 5.41) is 26.5. The zero-order valence-electron chi connectivity index (χ0n) is 35.2. The fourth-order valence-corrected chi connectivity index (χ4v) is 13.3. The highest BCUT2D eigenvalue weighted by molar-refractivity contribution is 5.93. The van der Waals surface area contributed by atoms with Gasteiger partial charge in [0.05, 0.1) is 38.7 Å². The van der Waals surface area contributed by atoms with Crippen molar-refractivity contribution in [3.05, 3.63) is 70.9 Å². The molecule has 3 N–H and O–H groups in total. The number of aromatic amines is 1. The molecule has 2 aromatic carbocycles. The van der Waals surface area contributed by atoms with Gasteiger partial charge in [-0.2, -0.15) is 0 Å². The molecule has 6 aliphatic rings. The first-order valence-electron chi connectivity index (χ1n) is 21.3. The van der Waals surface area contributed by atoms with E-state index in [0.717, 1.165) is 27.7 Å². The summed E-state index contributed by atoms with van der Waals surface area (Å²) in [6, 6.07) is 10.2. The minimum Gasteiger partial charge on any atom is -0.496 e. The second-order valence-corrected chi connectivity index (χ2v) is 18.0. The number of piperidine rings is 1. The molecule has 1 amide bonds. The lowest BCUT2D eigenvalue weighted by Crippen LogP contribution is -2.81. The van der Waals surface area contributed by atoms with Crippen LogP contribution in [0.1, 0.15) is 80.7 Å². The van der Waals surface area contributed by atoms with Gasteiger partial charge in [0.25, 0.3) is 0 Å². The summed E-state index contributed by atoms with van der Waals surface area (Å²) in [4.78, 5) is 65.4. The van der Waals surface area contributed by atoms with Crippen LogP contribution < -0.4 is 9.64 Å². The number of esters is 3. The van der Waals surface area contributed by atoms with E-state index in [9.17, 15) is 29.4 Å². The van der Waals surface area contributed by atoms with Crippen LogP contribution in [0.2, 0.25) is 0 Å². The first-order valence-corrected chi connectivity index (χ1v) is 21.3. The number of amides is 1. The number of anilines is 1. The lowest BCUT2D eigenvalue weighted by Gasteiger charge is -2.63. The van der Waals surface area contributed by atoms with E-state index >= 15 is 0 Å². The number of carbonyl (C=O) groups is 4. The molecule has 11 atom stereocenters. The summed E-state index contributed by atoms with van der Waals surface area (Å²) in [7, 11) is 4.14. The number of aromatic nitrogens is 1. The van der Waals surface area contributed by atoms with Gasteiger partial charge in [-0.3, -0.25) is 24.2 Å². The van der Waals surface area contributed by atoms with Gasteiger partial charge in [0, 0.05) is 78.6 Å². The second kappa shape index (κ2) is 14.4. The van der Waals surface area contributed by atoms with E-state index in [-0.39, 0.29) is 5.92 Å². The maximum atomic E-state index is 14.7. The molecule has 1 spiro atoms. The standard InChI is InChI=1S/C46H56N4O10/c1-7-43(55)22-27-23-48(24-43)18-14-29-28-12-9-10-13-32(28)47-37(29)36(38(53)58-5)35(27)30-20-31-33(21-34(30)57-4)50(25-51)40-45(31)16-19-49-17-11-15-44(8-2,39(45)49)41(60-26(3)52)46(40,56)42(54)59-6/h9-13,15,20-21,25,27,35-36,39-41,47,55-56H,7-8,14,16-19,22-24H2,1-6H3/t27?,35-,36-,39+,40-,41-,43?,44-,45-,46+/m1/s1. The monoisotopic (exact) mass is 824 g/mol. The van der Waals surface area contributed by atoms with Crippen LogP contribution in [-0.4, -0.2) is 133 Å². The van der Waals surface area contributed by atoms with E-state index < -0.39 is 70.0 Å². The van der Waals surface area contributed by atoms with Gasteiger partial charge >= 0.3 is 17.9 Å². The van der Waals surface area contributed by atoms with E-state index in [1.807, 2.05) is 50.3 Å². The molecule has 6 heterocycles. The Morgan fingerprint density at radius 1 is 1.02 bits per heavy atom. The number of fused-ring (bicyclic) bond motifs is 6. The van der Waals surface area contributed by atoms with Crippen LogP contribution in [0.15, 0.2) is 48.6 Å². The minimum atomic E-state index is -2.51. The number of methoxy groups -OCH3 is 3. The molecule has 3 fully saturated rings. The molecule has 14 nitrogen and oxygen atoms in total. The maximum Gasteiger partial charge on any atom is 0.344 e. The average molecular weight is 825 g/mol. The molecular formula is C46H56N4O10. The van der Waals surface area contributed by atoms with Gasteiger partial charge in [0.1, 0.15) is 11.7 Å². The van der Waals surface area contributed by atoms with Gasteiger partial charge < -0.3 is 39.0 Å². The Bertz CT molecular complexity index is 2290. The molecule has 0 radical (unpaired) electrons. The number of nitrogens with zero attached hydrogens (tertiary/aromatic N) is 3. The molecule has 5 aliphatic heterocycles. The van der Waals surface area contributed by atoms with Crippen molar-refractivity contribution in [2.75, 3.05) is 59.0 Å². The van der Waals surface area contributed by atoms with Gasteiger partial charge in [0.2, 0.25) is 12.0 Å². The van der Waals surface area contributed by atoms with Gasteiger partial charge in [-0.05, 0) is 73.4 Å². The highest BCUT2D eigenvalue weighted by Gasteiger charge is 2.81. The number of aliphatic hydroxyl groups is 2. The molecule has 2 bridgehead atoms. The summed E-state index contributed by atoms with van der Waals surface area (Å²) in [5.74, 6) is -3.46. The van der Waals surface area contributed by atoms with Crippen molar-refractivity contribution in [3.63, 3.8) is 0 Å². The van der Waals surface area contributed by atoms with E-state index in [0.29, 0.717) is 88.2 Å². The summed E-state index contributed by atoms with van der Waals surface area (Å²) >= 11 is 0. The molecule has 3 aromatic rings. The quantitative estimate of drug-likeness (QED) is 0.131. The third kappa shape index (κ3) is 5.39. The number of para-hydroxylation sites is 1. The Morgan fingerprint density at radius 2 is 1.80 bits per heavy atom. The smallest absolute Gasteiger partial charge is 0.344 e. The van der Waals surface area contributed by atoms with Gasteiger partial charge in [-0.15, -0.1) is 0 Å². The third-order valence-electron chi connectivity index (χ3n) is 15.5. The van der Waals surface area contributed by atoms with Crippen LogP contribution in [0, 0.1) is 11.3 Å². The van der Waals surface area contributed by atoms with Crippen molar-refractivity contribution < 1.29 is 48.3 Å². The van der Waals surface area contributed by atoms with Gasteiger partial charge in [-0.1, -0.05) is 44.2 Å². The van der Waals surface area contributed by atoms with Gasteiger partial charge in [0.15, 0.2) is 6.10 Å². The molecule has 1 saturated carbocycles. The van der Waals surface area contributed by atoms with Crippen LogP contribution >= 0.6 is 0 Å². The maximum absolute atomic E-state index is 14.7. The summed E-state index contributed by atoms with van der Waals surface area (Å²) < 4.78 is 23.5. The number of hydrogen-bond donors (Lipinski definition) is 3. The number of rotatable bonds is 8. The van der Waals surface area contributed by atoms with E-state index in [2.05, 4.69) is 20.9 Å². The van der Waals surface area contributed by atoms with Crippen LogP contribution in [0.3, 0.4) is 0 Å². The van der Waals surface area contributed by atoms with Crippen molar-refractivity contribution in [2.45, 2.75) is 99.5 Å². The summed E-state index contributed by atoms with van der Waals surface area (Å²) in [6.07, 6.45) is 5.62. The van der Waals surface area contributed by atoms with E-state index in [4.69, 9.17) is 18.9 Å². The number of benzene rings is 2. The topological polar surface area (TPSA) is 171 Å². The molecule has 1 aromatic heterocycles. The summed E-state index contributed by atoms with van der Waals surface area (Å²) in [5.41, 5.74) is -1.17. The number of hydrogen-bond acceptors (Lipinski definition) is 12. The Hall–Kier alpha value is -4.76. The first-order chi connectivity index (χ1) is 28.8. The zero-order valence-corrected chi connectivity index (χ0v) is 35.2. The highest BCUT2D eigenvalue weighted by atomic mass is 16.6. The Kier molecular flexibility index (Phi) is 9.77. The third-order valence-corrected chi connectivity index (χ3v) is 15.5. The second-order valence-electron chi connectivity index (χ2n) is 18.0. The molecule has 9 rings (SSSR count). The molecule has 1 aliphatic carbocycles. The number of ether oxygens (including phenoxy) is 4. The van der Waals surface area contributed by atoms with E-state index in [1.165, 1.54) is 26.0 Å². The highest BCUT2D eigenvalue weighted by Crippen LogP contribution is 2.68. The Balaban J connectivity index is 1.35. The van der Waals surface area contributed by atoms with Crippen LogP contribution in [0.4, 0.5) is 5.69 Å². The predicted octanol–water partition coefficient (Wildman–Crippen LogP) is 3.71. The minimum absolute atomic E-state index is 0.270. The average Bonchev–Trinajstić information content (AvgIpc) is 3.92. The molecule has 14 heteroatoms. The Morgan fingerprint density at radius 3 is 2.48 bits per heavy atom. The molecule has 60 heavy (non-hydrogen) atoms. The van der Waals surface area contributed by atoms with E-state index in [1.54, 1.807) is 13.2 Å². The zero-order chi connectivity index (χ0) is 42.5. The molecule has 320 valence electrons. The number of H-pyrrole nitrogens is 1. The van der Waals surface area contributed by atoms with Gasteiger partial charge in [-0.25, -0.2) is 4.79 Å². The SMILES string of the molecule is CCC1(O)CC2CN(CCc3c([nH]c4ccccc34)[C@H](C(=O)OC)[C@H]2c2cc3c(cc2OC)N(C=O)[C@H]2[C@@](O)(C(=O)OC)[C@H](OC(C)=O)[C@]4(CC)C=CCN5CC[C@]32[C@@H]54)C1. The summed E-state index contributed by atoms with van der Waals surface area (Å²) in [6.45, 7) is 8.11. The normalized spacial score (nSPS) is 36.5. The Labute approximate surface area is 349 Å². The van der Waals surface area contributed by atoms with Crippen LogP contribution in [0.25, 0.3) is 10.9 Å². The lowest BCUT2D eigenvalue weighted by molar-refractivity contribution is -0.228. The van der Waals surface area contributed by atoms with Crippen molar-refractivity contribution in [1.82, 2.24) is 14.8 Å². The fourth-order valence-electron chi connectivity index (χ4n) is 13.3. The fraction of sp³-hybridized carbons (Fsp3) is 0.565.